The summed E-state index contributed by atoms with van der Waals surface area (Å²) < 4.78 is 5.63. The van der Waals surface area contributed by atoms with E-state index in [4.69, 9.17) is 10.00 Å². The van der Waals surface area contributed by atoms with Crippen molar-refractivity contribution in [3.8, 4) is 11.8 Å². The van der Waals surface area contributed by atoms with Gasteiger partial charge in [-0.15, -0.1) is 0 Å². The largest absolute Gasteiger partial charge is 0.486 e. The zero-order valence-electron chi connectivity index (χ0n) is 17.7. The maximum atomic E-state index is 12.6. The second kappa shape index (κ2) is 11.2. The zero-order chi connectivity index (χ0) is 22.8. The van der Waals surface area contributed by atoms with Gasteiger partial charge in [0.25, 0.3) is 11.8 Å². The molecule has 8 heteroatoms. The molecule has 0 saturated heterocycles. The quantitative estimate of drug-likeness (QED) is 0.502. The fraction of sp³-hybridized carbons (Fsp3) is 0.208. The Morgan fingerprint density at radius 3 is 2.69 bits per heavy atom. The number of nitriles is 1. The van der Waals surface area contributed by atoms with Crippen molar-refractivity contribution in [3.05, 3.63) is 83.4 Å². The normalized spacial score (nSPS) is 10.1. The summed E-state index contributed by atoms with van der Waals surface area (Å²) in [6.45, 7) is 2.56. The maximum Gasteiger partial charge on any atom is 0.274 e. The van der Waals surface area contributed by atoms with Crippen LogP contribution in [0.4, 0.5) is 5.69 Å². The predicted molar refractivity (Wildman–Crippen MR) is 119 cm³/mol. The molecule has 0 spiro atoms. The van der Waals surface area contributed by atoms with Crippen LogP contribution >= 0.6 is 0 Å². The highest BCUT2D eigenvalue weighted by Gasteiger charge is 2.12. The predicted octanol–water partition coefficient (Wildman–Crippen LogP) is 3.65. The molecule has 0 bridgehead atoms. The lowest BCUT2D eigenvalue weighted by molar-refractivity contribution is 0.0951. The summed E-state index contributed by atoms with van der Waals surface area (Å²) in [4.78, 5) is 33.3. The third-order valence-electron chi connectivity index (χ3n) is 4.58. The summed E-state index contributed by atoms with van der Waals surface area (Å²) in [6.07, 6.45) is 4.15. The number of carbonyl (C=O) groups is 2. The van der Waals surface area contributed by atoms with Crippen molar-refractivity contribution in [1.82, 2.24) is 15.3 Å². The van der Waals surface area contributed by atoms with Crippen LogP contribution in [0.3, 0.4) is 0 Å². The Balaban J connectivity index is 1.60. The number of carbonyl (C=O) groups excluding carboxylic acids is 2. The van der Waals surface area contributed by atoms with E-state index in [0.29, 0.717) is 43.0 Å². The first-order valence-electron chi connectivity index (χ1n) is 10.1. The molecule has 0 aliphatic rings. The van der Waals surface area contributed by atoms with E-state index < -0.39 is 5.91 Å². The van der Waals surface area contributed by atoms with Crippen molar-refractivity contribution in [2.75, 3.05) is 11.9 Å². The summed E-state index contributed by atoms with van der Waals surface area (Å²) >= 11 is 0. The molecule has 0 aliphatic carbocycles. The number of benzene rings is 1. The summed E-state index contributed by atoms with van der Waals surface area (Å²) in [7, 11) is 0. The first-order chi connectivity index (χ1) is 15.6. The molecule has 2 heterocycles. The Labute approximate surface area is 186 Å². The van der Waals surface area contributed by atoms with E-state index in [2.05, 4.69) is 20.6 Å². The summed E-state index contributed by atoms with van der Waals surface area (Å²) in [5.74, 6) is -0.125. The molecule has 0 fully saturated rings. The number of hydrogen-bond donors (Lipinski definition) is 2. The van der Waals surface area contributed by atoms with Gasteiger partial charge < -0.3 is 15.4 Å². The van der Waals surface area contributed by atoms with Crippen LogP contribution in [0.15, 0.2) is 60.9 Å². The van der Waals surface area contributed by atoms with Gasteiger partial charge in [0.1, 0.15) is 18.1 Å². The lowest BCUT2D eigenvalue weighted by Gasteiger charge is -2.11. The first kappa shape index (κ1) is 22.4. The number of nitrogens with zero attached hydrogens (tertiary/aromatic N) is 3. The smallest absolute Gasteiger partial charge is 0.274 e. The van der Waals surface area contributed by atoms with Crippen molar-refractivity contribution in [1.29, 1.82) is 5.26 Å². The van der Waals surface area contributed by atoms with Gasteiger partial charge in [-0.05, 0) is 55.3 Å². The monoisotopic (exact) mass is 429 g/mol. The summed E-state index contributed by atoms with van der Waals surface area (Å²) in [6, 6.07) is 15.9. The summed E-state index contributed by atoms with van der Waals surface area (Å²) in [5.41, 5.74) is 2.78. The van der Waals surface area contributed by atoms with Crippen molar-refractivity contribution in [3.63, 3.8) is 0 Å². The Kier molecular flexibility index (Phi) is 7.87. The molecular weight excluding hydrogens is 406 g/mol. The van der Waals surface area contributed by atoms with Gasteiger partial charge in [-0.3, -0.25) is 14.6 Å². The van der Waals surface area contributed by atoms with Gasteiger partial charge >= 0.3 is 0 Å². The van der Waals surface area contributed by atoms with Gasteiger partial charge in [0, 0.05) is 30.4 Å². The van der Waals surface area contributed by atoms with Crippen LogP contribution < -0.4 is 15.4 Å². The minimum atomic E-state index is -0.393. The lowest BCUT2D eigenvalue weighted by atomic mass is 10.1. The third-order valence-corrected chi connectivity index (χ3v) is 4.58. The fourth-order valence-electron chi connectivity index (χ4n) is 2.80. The molecule has 2 amide bonds. The van der Waals surface area contributed by atoms with E-state index in [1.807, 2.05) is 31.2 Å². The van der Waals surface area contributed by atoms with Gasteiger partial charge in [-0.25, -0.2) is 4.98 Å². The van der Waals surface area contributed by atoms with Crippen molar-refractivity contribution in [2.45, 2.75) is 26.4 Å². The highest BCUT2D eigenvalue weighted by molar-refractivity contribution is 6.04. The number of aryl methyl sites for hydroxylation is 1. The molecule has 0 radical (unpaired) electrons. The first-order valence-corrected chi connectivity index (χ1v) is 10.1. The highest BCUT2D eigenvalue weighted by Crippen LogP contribution is 2.19. The molecule has 8 nitrogen and oxygen atoms in total. The molecule has 32 heavy (non-hydrogen) atoms. The molecule has 1 aromatic carbocycles. The van der Waals surface area contributed by atoms with Gasteiger partial charge in [-0.2, -0.15) is 5.26 Å². The van der Waals surface area contributed by atoms with Crippen LogP contribution in [-0.2, 0) is 6.61 Å². The molecule has 0 atom stereocenters. The standard InChI is InChI=1S/C24H23N5O3/c1-17-7-8-18(23(30)27-13-5-3-11-25)14-22(17)29-24(31)21-10-9-20(15-28-21)32-16-19-6-2-4-12-26-19/h2,4,6-10,12,14-15H,3,5,13,16H2,1H3,(H,27,30)(H,29,31). The molecule has 0 unspecified atom stereocenters. The van der Waals surface area contributed by atoms with Gasteiger partial charge in [0.15, 0.2) is 0 Å². The number of rotatable bonds is 9. The Morgan fingerprint density at radius 2 is 1.97 bits per heavy atom. The molecule has 0 aliphatic heterocycles. The molecule has 2 N–H and O–H groups in total. The number of hydrogen-bond acceptors (Lipinski definition) is 6. The topological polar surface area (TPSA) is 117 Å². The number of pyridine rings is 2. The van der Waals surface area contributed by atoms with Crippen LogP contribution in [0.5, 0.6) is 5.75 Å². The van der Waals surface area contributed by atoms with E-state index in [1.165, 1.54) is 6.20 Å². The second-order valence-corrected chi connectivity index (χ2v) is 6.99. The Hall–Kier alpha value is -4.25. The number of amides is 2. The molecule has 0 saturated carbocycles. The van der Waals surface area contributed by atoms with Crippen LogP contribution in [0, 0.1) is 18.3 Å². The lowest BCUT2D eigenvalue weighted by Crippen LogP contribution is -2.24. The van der Waals surface area contributed by atoms with Crippen LogP contribution in [-0.4, -0.2) is 28.3 Å². The molecule has 162 valence electrons. The average Bonchev–Trinajstić information content (AvgIpc) is 2.82. The third kappa shape index (κ3) is 6.37. The SMILES string of the molecule is Cc1ccc(C(=O)NCCCC#N)cc1NC(=O)c1ccc(OCc2ccccn2)cn1. The molecule has 2 aromatic heterocycles. The van der Waals surface area contributed by atoms with Gasteiger partial charge in [0.2, 0.25) is 0 Å². The number of anilines is 1. The van der Waals surface area contributed by atoms with Crippen LogP contribution in [0.2, 0.25) is 0 Å². The number of ether oxygens (including phenoxy) is 1. The fourth-order valence-corrected chi connectivity index (χ4v) is 2.80. The van der Waals surface area contributed by atoms with E-state index in [9.17, 15) is 9.59 Å². The average molecular weight is 429 g/mol. The van der Waals surface area contributed by atoms with Gasteiger partial charge in [-0.1, -0.05) is 12.1 Å². The van der Waals surface area contributed by atoms with Gasteiger partial charge in [0.05, 0.1) is 18.0 Å². The minimum absolute atomic E-state index is 0.223. The maximum absolute atomic E-state index is 12.6. The molecular formula is C24H23N5O3. The van der Waals surface area contributed by atoms with Crippen molar-refractivity contribution < 1.29 is 14.3 Å². The zero-order valence-corrected chi connectivity index (χ0v) is 17.7. The van der Waals surface area contributed by atoms with Crippen LogP contribution in [0.25, 0.3) is 0 Å². The molecule has 3 rings (SSSR count). The highest BCUT2D eigenvalue weighted by atomic mass is 16.5. The number of unbranched alkanes of at least 4 members (excludes halogenated alkanes) is 1. The van der Waals surface area contributed by atoms with E-state index in [0.717, 1.165) is 11.3 Å². The Morgan fingerprint density at radius 1 is 1.09 bits per heavy atom. The minimum Gasteiger partial charge on any atom is -0.486 e. The second-order valence-electron chi connectivity index (χ2n) is 6.99. The van der Waals surface area contributed by atoms with E-state index in [-0.39, 0.29) is 11.6 Å². The van der Waals surface area contributed by atoms with Crippen LogP contribution in [0.1, 0.15) is 44.9 Å². The van der Waals surface area contributed by atoms with E-state index >= 15 is 0 Å². The van der Waals surface area contributed by atoms with Crippen molar-refractivity contribution >= 4 is 17.5 Å². The Bertz CT molecular complexity index is 1110. The summed E-state index contributed by atoms with van der Waals surface area (Å²) in [5, 5.41) is 14.1. The van der Waals surface area contributed by atoms with E-state index in [1.54, 1.807) is 36.5 Å². The number of aromatic nitrogens is 2. The molecule has 3 aromatic rings. The number of nitrogens with one attached hydrogen (secondary N) is 2. The van der Waals surface area contributed by atoms with Crippen molar-refractivity contribution in [2.24, 2.45) is 0 Å².